The summed E-state index contributed by atoms with van der Waals surface area (Å²) in [6.07, 6.45) is 0.203. The highest BCUT2D eigenvalue weighted by atomic mass is 35.5. The Hall–Kier alpha value is -2.90. The number of aryl methyl sites for hydroxylation is 1. The largest absolute Gasteiger partial charge is 0.324 e. The maximum atomic E-state index is 13.2. The summed E-state index contributed by atoms with van der Waals surface area (Å²) in [6, 6.07) is 11.7. The second kappa shape index (κ2) is 9.49. The molecule has 0 unspecified atom stereocenters. The Morgan fingerprint density at radius 2 is 2.00 bits per heavy atom. The molecule has 3 amide bonds. The van der Waals surface area contributed by atoms with Gasteiger partial charge in [0.2, 0.25) is 17.7 Å². The third-order valence-corrected chi connectivity index (χ3v) is 5.75. The molecule has 0 saturated heterocycles. The fourth-order valence-electron chi connectivity index (χ4n) is 3.56. The molecule has 2 aromatic carbocycles. The van der Waals surface area contributed by atoms with Crippen LogP contribution in [0.15, 0.2) is 42.5 Å². The van der Waals surface area contributed by atoms with Gasteiger partial charge in [-0.1, -0.05) is 29.8 Å². The van der Waals surface area contributed by atoms with E-state index in [2.05, 4.69) is 10.6 Å². The number of para-hydroxylation sites is 2. The smallest absolute Gasteiger partial charge is 0.241 e. The molecule has 0 radical (unpaired) electrons. The topological polar surface area (TPSA) is 81.8 Å². The van der Waals surface area contributed by atoms with Crippen molar-refractivity contribution in [3.05, 3.63) is 53.1 Å². The van der Waals surface area contributed by atoms with Crippen LogP contribution in [0, 0.1) is 6.92 Å². The monoisotopic (exact) mass is 442 g/mol. The van der Waals surface area contributed by atoms with Crippen molar-refractivity contribution in [2.24, 2.45) is 0 Å². The quantitative estimate of drug-likeness (QED) is 0.740. The summed E-state index contributed by atoms with van der Waals surface area (Å²) in [7, 11) is 1.73. The fraction of sp³-hybridized carbons (Fsp3) is 0.348. The van der Waals surface area contributed by atoms with Crippen molar-refractivity contribution in [3.63, 3.8) is 0 Å². The molecule has 2 N–H and O–H groups in total. The lowest BCUT2D eigenvalue weighted by molar-refractivity contribution is -0.123. The zero-order valence-electron chi connectivity index (χ0n) is 18.1. The first kappa shape index (κ1) is 22.8. The second-order valence-corrected chi connectivity index (χ2v) is 8.36. The normalized spacial score (nSPS) is 16.9. The second-order valence-electron chi connectivity index (χ2n) is 7.92. The Bertz CT molecular complexity index is 1010. The van der Waals surface area contributed by atoms with Gasteiger partial charge in [0.25, 0.3) is 0 Å². The molecule has 31 heavy (non-hydrogen) atoms. The summed E-state index contributed by atoms with van der Waals surface area (Å²) in [4.78, 5) is 41.5. The maximum absolute atomic E-state index is 13.2. The summed E-state index contributed by atoms with van der Waals surface area (Å²) in [6.45, 7) is 5.50. The number of halogens is 1. The minimum atomic E-state index is -0.556. The van der Waals surface area contributed by atoms with Gasteiger partial charge in [-0.15, -0.1) is 0 Å². The Labute approximate surface area is 187 Å². The van der Waals surface area contributed by atoms with Gasteiger partial charge in [-0.25, -0.2) is 0 Å². The van der Waals surface area contributed by atoms with Gasteiger partial charge in [0.1, 0.15) is 0 Å². The van der Waals surface area contributed by atoms with Crippen LogP contribution in [-0.2, 0) is 14.4 Å². The zero-order valence-corrected chi connectivity index (χ0v) is 18.9. The Kier molecular flexibility index (Phi) is 6.97. The molecule has 0 spiro atoms. The van der Waals surface area contributed by atoms with Crippen molar-refractivity contribution < 1.29 is 14.4 Å². The highest BCUT2D eigenvalue weighted by Crippen LogP contribution is 2.31. The van der Waals surface area contributed by atoms with Gasteiger partial charge in [0.15, 0.2) is 0 Å². The van der Waals surface area contributed by atoms with Crippen LogP contribution in [0.2, 0.25) is 5.02 Å². The molecule has 1 heterocycles. The molecule has 0 fully saturated rings. The van der Waals surface area contributed by atoms with Crippen LogP contribution < -0.4 is 15.5 Å². The van der Waals surface area contributed by atoms with Gasteiger partial charge in [0.05, 0.1) is 24.0 Å². The Morgan fingerprint density at radius 3 is 2.74 bits per heavy atom. The number of carbonyl (C=O) groups excluding carboxylic acids is 3. The van der Waals surface area contributed by atoms with Gasteiger partial charge >= 0.3 is 0 Å². The molecule has 0 bridgehead atoms. The number of nitrogens with one attached hydrogen (secondary N) is 2. The number of rotatable bonds is 5. The van der Waals surface area contributed by atoms with Gasteiger partial charge in [-0.3, -0.25) is 19.3 Å². The molecule has 2 aromatic rings. The average molecular weight is 443 g/mol. The number of hydrogen-bond acceptors (Lipinski definition) is 4. The molecule has 164 valence electrons. The Morgan fingerprint density at radius 1 is 1.29 bits per heavy atom. The molecule has 3 rings (SSSR count). The van der Waals surface area contributed by atoms with Crippen LogP contribution in [-0.4, -0.2) is 48.3 Å². The van der Waals surface area contributed by atoms with Gasteiger partial charge in [0, 0.05) is 23.2 Å². The lowest BCUT2D eigenvalue weighted by atomic mass is 10.1. The molecule has 0 aliphatic carbocycles. The minimum Gasteiger partial charge on any atom is -0.324 e. The van der Waals surface area contributed by atoms with Crippen LogP contribution >= 0.6 is 11.6 Å². The van der Waals surface area contributed by atoms with Gasteiger partial charge in [-0.05, 0) is 57.6 Å². The first-order valence-corrected chi connectivity index (χ1v) is 10.5. The van der Waals surface area contributed by atoms with Crippen LogP contribution in [0.25, 0.3) is 0 Å². The highest BCUT2D eigenvalue weighted by Gasteiger charge is 2.31. The van der Waals surface area contributed by atoms with Crippen molar-refractivity contribution in [1.82, 2.24) is 4.90 Å². The summed E-state index contributed by atoms with van der Waals surface area (Å²) >= 11 is 6.03. The maximum Gasteiger partial charge on any atom is 0.241 e. The lowest BCUT2D eigenvalue weighted by Crippen LogP contribution is -2.48. The number of anilines is 3. The molecular formula is C23H27ClN4O3. The molecule has 7 nitrogen and oxygen atoms in total. The molecular weight excluding hydrogens is 416 g/mol. The number of amides is 3. The van der Waals surface area contributed by atoms with E-state index in [4.69, 9.17) is 11.6 Å². The summed E-state index contributed by atoms with van der Waals surface area (Å²) in [5, 5.41) is 6.26. The standard InChI is InChI=1S/C23H27ClN4O3/c1-14-9-10-17(24)12-19(14)26-23(31)16(3)27(4)13-22(30)28-15(2)11-21(29)25-18-7-5-6-8-20(18)28/h5-10,12,15-16H,11,13H2,1-4H3,(H,25,29)(H,26,31)/t15-,16+/m0/s1. The molecule has 1 aliphatic heterocycles. The van der Waals surface area contributed by atoms with Crippen LogP contribution in [0.4, 0.5) is 17.1 Å². The van der Waals surface area contributed by atoms with Gasteiger partial charge < -0.3 is 15.5 Å². The molecule has 0 aromatic heterocycles. The lowest BCUT2D eigenvalue weighted by Gasteiger charge is -2.31. The van der Waals surface area contributed by atoms with E-state index in [0.29, 0.717) is 22.1 Å². The summed E-state index contributed by atoms with van der Waals surface area (Å²) < 4.78 is 0. The number of hydrogen-bond donors (Lipinski definition) is 2. The first-order valence-electron chi connectivity index (χ1n) is 10.2. The Balaban J connectivity index is 1.72. The first-order chi connectivity index (χ1) is 14.7. The van der Waals surface area contributed by atoms with E-state index in [9.17, 15) is 14.4 Å². The number of benzene rings is 2. The predicted molar refractivity (Wildman–Crippen MR) is 124 cm³/mol. The van der Waals surface area contributed by atoms with Crippen molar-refractivity contribution >= 4 is 46.4 Å². The number of carbonyl (C=O) groups is 3. The predicted octanol–water partition coefficient (Wildman–Crippen LogP) is 3.67. The van der Waals surface area contributed by atoms with Crippen molar-refractivity contribution in [1.29, 1.82) is 0 Å². The van der Waals surface area contributed by atoms with Crippen LogP contribution in [0.1, 0.15) is 25.8 Å². The minimum absolute atomic E-state index is 0.0238. The van der Waals surface area contributed by atoms with E-state index in [1.807, 2.05) is 38.1 Å². The summed E-state index contributed by atoms with van der Waals surface area (Å²) in [5.41, 5.74) is 2.81. The fourth-order valence-corrected chi connectivity index (χ4v) is 3.73. The third-order valence-electron chi connectivity index (χ3n) is 5.51. The number of nitrogens with zero attached hydrogens (tertiary/aromatic N) is 2. The van der Waals surface area contributed by atoms with E-state index in [-0.39, 0.29) is 36.7 Å². The molecule has 1 aliphatic rings. The molecule has 2 atom stereocenters. The van der Waals surface area contributed by atoms with Gasteiger partial charge in [-0.2, -0.15) is 0 Å². The number of likely N-dealkylation sites (N-methyl/N-ethyl adjacent to an activating group) is 1. The van der Waals surface area contributed by atoms with Crippen molar-refractivity contribution in [3.8, 4) is 0 Å². The SMILES string of the molecule is Cc1ccc(Cl)cc1NC(=O)[C@@H](C)N(C)CC(=O)N1c2ccccc2NC(=O)C[C@@H]1C. The highest BCUT2D eigenvalue weighted by molar-refractivity contribution is 6.31. The van der Waals surface area contributed by atoms with E-state index < -0.39 is 6.04 Å². The molecule has 0 saturated carbocycles. The average Bonchev–Trinajstić information content (AvgIpc) is 2.84. The van der Waals surface area contributed by atoms with Crippen molar-refractivity contribution in [2.45, 2.75) is 39.3 Å². The van der Waals surface area contributed by atoms with E-state index in [1.54, 1.807) is 42.0 Å². The summed E-state index contributed by atoms with van der Waals surface area (Å²) in [5.74, 6) is -0.549. The van der Waals surface area contributed by atoms with Crippen molar-refractivity contribution in [2.75, 3.05) is 29.1 Å². The third kappa shape index (κ3) is 5.24. The van der Waals surface area contributed by atoms with Crippen LogP contribution in [0.3, 0.4) is 0 Å². The zero-order chi connectivity index (χ0) is 22.7. The number of fused-ring (bicyclic) bond motifs is 1. The van der Waals surface area contributed by atoms with E-state index in [0.717, 1.165) is 5.56 Å². The molecule has 8 heteroatoms. The van der Waals surface area contributed by atoms with E-state index in [1.165, 1.54) is 0 Å². The van der Waals surface area contributed by atoms with Crippen LogP contribution in [0.5, 0.6) is 0 Å². The van der Waals surface area contributed by atoms with E-state index >= 15 is 0 Å².